The van der Waals surface area contributed by atoms with Crippen LogP contribution in [0.4, 0.5) is 0 Å². The number of amides is 1. The number of benzene rings is 1. The highest BCUT2D eigenvalue weighted by atomic mass is 32.1. The second kappa shape index (κ2) is 8.32. The van der Waals surface area contributed by atoms with Crippen molar-refractivity contribution in [3.8, 4) is 5.13 Å². The Labute approximate surface area is 158 Å². The van der Waals surface area contributed by atoms with Gasteiger partial charge >= 0.3 is 0 Å². The fourth-order valence-electron chi connectivity index (χ4n) is 2.84. The number of thiazole rings is 1. The van der Waals surface area contributed by atoms with Crippen LogP contribution >= 0.6 is 11.3 Å². The highest BCUT2D eigenvalue weighted by Gasteiger charge is 2.22. The molecule has 0 saturated carbocycles. The molecule has 5 heteroatoms. The molecule has 0 fully saturated rings. The van der Waals surface area contributed by atoms with Gasteiger partial charge in [-0.15, -0.1) is 0 Å². The Hall–Kier alpha value is -2.40. The maximum atomic E-state index is 12.8. The molecule has 2 heterocycles. The van der Waals surface area contributed by atoms with Crippen molar-refractivity contribution < 1.29 is 4.79 Å². The number of hydrogen-bond donors (Lipinski definition) is 1. The van der Waals surface area contributed by atoms with Gasteiger partial charge in [0.2, 0.25) is 0 Å². The Balaban J connectivity index is 1.68. The smallest absolute Gasteiger partial charge is 0.263 e. The highest BCUT2D eigenvalue weighted by Crippen LogP contribution is 2.27. The Morgan fingerprint density at radius 2 is 1.81 bits per heavy atom. The Bertz CT molecular complexity index is 838. The minimum atomic E-state index is -0.0230. The van der Waals surface area contributed by atoms with Gasteiger partial charge in [0.1, 0.15) is 4.88 Å². The van der Waals surface area contributed by atoms with Crippen molar-refractivity contribution in [2.24, 2.45) is 0 Å². The van der Waals surface area contributed by atoms with Crippen molar-refractivity contribution in [1.82, 2.24) is 14.9 Å². The number of carbonyl (C=O) groups excluding carboxylic acids is 1. The van der Waals surface area contributed by atoms with E-state index in [9.17, 15) is 4.79 Å². The predicted molar refractivity (Wildman–Crippen MR) is 107 cm³/mol. The maximum Gasteiger partial charge on any atom is 0.263 e. The van der Waals surface area contributed by atoms with Gasteiger partial charge in [-0.1, -0.05) is 55.5 Å². The summed E-state index contributed by atoms with van der Waals surface area (Å²) in [5.41, 5.74) is 2.16. The molecule has 26 heavy (non-hydrogen) atoms. The number of rotatable bonds is 7. The molecule has 0 aliphatic rings. The van der Waals surface area contributed by atoms with E-state index >= 15 is 0 Å². The van der Waals surface area contributed by atoms with Gasteiger partial charge in [0, 0.05) is 18.4 Å². The van der Waals surface area contributed by atoms with Crippen molar-refractivity contribution >= 4 is 17.2 Å². The summed E-state index contributed by atoms with van der Waals surface area (Å²) in [5, 5.41) is 3.98. The molecule has 0 aliphatic carbocycles. The number of aryl methyl sites for hydroxylation is 1. The topological polar surface area (TPSA) is 46.9 Å². The van der Waals surface area contributed by atoms with Gasteiger partial charge in [-0.3, -0.25) is 4.79 Å². The first-order valence-electron chi connectivity index (χ1n) is 9.03. The average Bonchev–Trinajstić information content (AvgIpc) is 3.30. The first-order chi connectivity index (χ1) is 12.5. The number of carbonyl (C=O) groups is 1. The molecule has 0 radical (unpaired) electrons. The summed E-state index contributed by atoms with van der Waals surface area (Å²) < 4.78 is 1.95. The standard InChI is InChI=1S/C21H25N3OS/c1-15(2)18-19(26-21(23-18)24-13-7-8-14-24)20(25)22-16(3)11-12-17-9-5-4-6-10-17/h4-10,13-16H,11-12H2,1-3H3,(H,22,25)/t16-/m0/s1. The Morgan fingerprint density at radius 1 is 1.12 bits per heavy atom. The molecule has 0 spiro atoms. The number of nitrogens with one attached hydrogen (secondary N) is 1. The summed E-state index contributed by atoms with van der Waals surface area (Å²) in [6, 6.07) is 14.4. The zero-order valence-corrected chi connectivity index (χ0v) is 16.3. The van der Waals surface area contributed by atoms with E-state index in [0.29, 0.717) is 0 Å². The average molecular weight is 368 g/mol. The van der Waals surface area contributed by atoms with Crippen molar-refractivity contribution in [1.29, 1.82) is 0 Å². The molecule has 1 N–H and O–H groups in total. The second-order valence-electron chi connectivity index (χ2n) is 6.85. The summed E-state index contributed by atoms with van der Waals surface area (Å²) in [6.45, 7) is 6.21. The number of nitrogens with zero attached hydrogens (tertiary/aromatic N) is 2. The summed E-state index contributed by atoms with van der Waals surface area (Å²) in [4.78, 5) is 18.2. The van der Waals surface area contributed by atoms with E-state index in [1.54, 1.807) is 0 Å². The van der Waals surface area contributed by atoms with E-state index in [2.05, 4.69) is 38.2 Å². The SMILES string of the molecule is CC(C)c1nc(-n2cccc2)sc1C(=O)N[C@@H](C)CCc1ccccc1. The quantitative estimate of drug-likeness (QED) is 0.651. The van der Waals surface area contributed by atoms with E-state index in [1.165, 1.54) is 16.9 Å². The molecule has 1 atom stereocenters. The molecule has 1 amide bonds. The van der Waals surface area contributed by atoms with Crippen molar-refractivity contribution in [2.45, 2.75) is 45.6 Å². The largest absolute Gasteiger partial charge is 0.349 e. The van der Waals surface area contributed by atoms with Crippen LogP contribution in [0.15, 0.2) is 54.9 Å². The molecule has 3 aromatic rings. The van der Waals surface area contributed by atoms with Crippen LogP contribution in [-0.2, 0) is 6.42 Å². The monoisotopic (exact) mass is 367 g/mol. The van der Waals surface area contributed by atoms with E-state index < -0.39 is 0 Å². The molecule has 0 unspecified atom stereocenters. The molecule has 3 rings (SSSR count). The van der Waals surface area contributed by atoms with Gasteiger partial charge in [0.25, 0.3) is 5.91 Å². The lowest BCUT2D eigenvalue weighted by molar-refractivity contribution is 0.0941. The van der Waals surface area contributed by atoms with Crippen LogP contribution in [0.1, 0.15) is 54.0 Å². The van der Waals surface area contributed by atoms with Crippen molar-refractivity contribution in [3.05, 3.63) is 71.0 Å². The third-order valence-corrected chi connectivity index (χ3v) is 5.39. The predicted octanol–water partition coefficient (Wildman–Crippen LogP) is 4.81. The molecular formula is C21H25N3OS. The van der Waals surface area contributed by atoms with Gasteiger partial charge in [-0.25, -0.2) is 4.98 Å². The molecule has 1 aromatic carbocycles. The first-order valence-corrected chi connectivity index (χ1v) is 9.85. The molecular weight excluding hydrogens is 342 g/mol. The van der Waals surface area contributed by atoms with Crippen molar-refractivity contribution in [2.75, 3.05) is 0 Å². The highest BCUT2D eigenvalue weighted by molar-refractivity contribution is 7.16. The molecule has 0 saturated heterocycles. The summed E-state index contributed by atoms with van der Waals surface area (Å²) in [5.74, 6) is 0.182. The molecule has 4 nitrogen and oxygen atoms in total. The van der Waals surface area contributed by atoms with Crippen LogP contribution < -0.4 is 5.32 Å². The summed E-state index contributed by atoms with van der Waals surface area (Å²) in [6.07, 6.45) is 5.77. The van der Waals surface area contributed by atoms with Crippen LogP contribution in [0.25, 0.3) is 5.13 Å². The fourth-order valence-corrected chi connectivity index (χ4v) is 3.93. The lowest BCUT2D eigenvalue weighted by Crippen LogP contribution is -2.33. The first kappa shape index (κ1) is 18.4. The van der Waals surface area contributed by atoms with Crippen LogP contribution in [0, 0.1) is 0 Å². The normalized spacial score (nSPS) is 12.3. The molecule has 136 valence electrons. The van der Waals surface area contributed by atoms with Crippen LogP contribution in [-0.4, -0.2) is 21.5 Å². The van der Waals surface area contributed by atoms with Gasteiger partial charge < -0.3 is 9.88 Å². The van der Waals surface area contributed by atoms with Gasteiger partial charge in [-0.05, 0) is 43.4 Å². The summed E-state index contributed by atoms with van der Waals surface area (Å²) >= 11 is 1.45. The molecule has 2 aromatic heterocycles. The van der Waals surface area contributed by atoms with Gasteiger partial charge in [-0.2, -0.15) is 0 Å². The third-order valence-electron chi connectivity index (χ3n) is 4.31. The van der Waals surface area contributed by atoms with Crippen molar-refractivity contribution in [3.63, 3.8) is 0 Å². The van der Waals surface area contributed by atoms with Crippen LogP contribution in [0.5, 0.6) is 0 Å². The van der Waals surface area contributed by atoms with Gasteiger partial charge in [0.15, 0.2) is 5.13 Å². The van der Waals surface area contributed by atoms with Crippen LogP contribution in [0.3, 0.4) is 0 Å². The Morgan fingerprint density at radius 3 is 2.46 bits per heavy atom. The fraction of sp³-hybridized carbons (Fsp3) is 0.333. The zero-order valence-electron chi connectivity index (χ0n) is 15.5. The minimum absolute atomic E-state index is 0.0230. The lowest BCUT2D eigenvalue weighted by Gasteiger charge is -2.14. The third kappa shape index (κ3) is 4.41. The molecule has 0 aliphatic heterocycles. The molecule has 0 bridgehead atoms. The number of aromatic nitrogens is 2. The van der Waals surface area contributed by atoms with E-state index in [0.717, 1.165) is 28.5 Å². The van der Waals surface area contributed by atoms with E-state index in [-0.39, 0.29) is 17.9 Å². The zero-order chi connectivity index (χ0) is 18.5. The minimum Gasteiger partial charge on any atom is -0.349 e. The van der Waals surface area contributed by atoms with Crippen LogP contribution in [0.2, 0.25) is 0 Å². The van der Waals surface area contributed by atoms with Gasteiger partial charge in [0.05, 0.1) is 5.69 Å². The lowest BCUT2D eigenvalue weighted by atomic mass is 10.1. The van der Waals surface area contributed by atoms with E-state index in [4.69, 9.17) is 4.98 Å². The maximum absolute atomic E-state index is 12.8. The Kier molecular flexibility index (Phi) is 5.89. The number of hydrogen-bond acceptors (Lipinski definition) is 3. The summed E-state index contributed by atoms with van der Waals surface area (Å²) in [7, 11) is 0. The van der Waals surface area contributed by atoms with E-state index in [1.807, 2.05) is 47.3 Å². The second-order valence-corrected chi connectivity index (χ2v) is 7.83.